The van der Waals surface area contributed by atoms with Crippen molar-refractivity contribution in [1.82, 2.24) is 9.88 Å². The van der Waals surface area contributed by atoms with Crippen molar-refractivity contribution in [2.75, 3.05) is 37.4 Å². The van der Waals surface area contributed by atoms with E-state index in [0.717, 1.165) is 48.7 Å². The summed E-state index contributed by atoms with van der Waals surface area (Å²) in [5, 5.41) is 26.3. The number of carboxylic acids is 2. The number of carbonyl (C=O) groups excluding carboxylic acids is 1. The zero-order valence-corrected chi connectivity index (χ0v) is 24.9. The molecule has 1 amide bonds. The predicted molar refractivity (Wildman–Crippen MR) is 156 cm³/mol. The molecule has 0 saturated heterocycles. The van der Waals surface area contributed by atoms with E-state index in [1.165, 1.54) is 0 Å². The van der Waals surface area contributed by atoms with Crippen LogP contribution in [0, 0.1) is 18.3 Å². The number of pyridine rings is 1. The Morgan fingerprint density at radius 3 is 2.02 bits per heavy atom. The van der Waals surface area contributed by atoms with E-state index in [9.17, 15) is 31.1 Å². The van der Waals surface area contributed by atoms with Crippen molar-refractivity contribution in [3.05, 3.63) is 89.1 Å². The lowest BCUT2D eigenvalue weighted by Gasteiger charge is -2.22. The number of amides is 1. The first-order valence-corrected chi connectivity index (χ1v) is 13.2. The molecule has 0 radical (unpaired) electrons. The average Bonchev–Trinajstić information content (AvgIpc) is 2.97. The van der Waals surface area contributed by atoms with Gasteiger partial charge >= 0.3 is 24.3 Å². The van der Waals surface area contributed by atoms with E-state index in [4.69, 9.17) is 25.1 Å². The highest BCUT2D eigenvalue weighted by Crippen LogP contribution is 2.17. The Labute approximate surface area is 260 Å². The number of benzene rings is 2. The van der Waals surface area contributed by atoms with Gasteiger partial charge in [0.25, 0.3) is 5.91 Å². The standard InChI is InChI=1S/C26H29N5O.2C2HF3O2/c1-20-7-4-10-23(15-20)26(32)29-24-11-12-28-25(17-24)31(3)14-6-13-30(2)19-22-9-5-8-21(16-22)18-27;2*3-2(4,5)1(6)7/h4-5,7-12,15-17H,6,13-14,19H2,1-3H3,(H,28,29,32);2*(H,6,7). The van der Waals surface area contributed by atoms with Crippen LogP contribution in [-0.2, 0) is 16.1 Å². The molecule has 0 fully saturated rings. The molecular formula is C30H31F6N5O5. The van der Waals surface area contributed by atoms with Crippen LogP contribution in [0.15, 0.2) is 66.9 Å². The van der Waals surface area contributed by atoms with Crippen LogP contribution >= 0.6 is 0 Å². The molecular weight excluding hydrogens is 624 g/mol. The molecule has 16 heteroatoms. The van der Waals surface area contributed by atoms with Gasteiger partial charge in [-0.25, -0.2) is 14.6 Å². The van der Waals surface area contributed by atoms with Crippen LogP contribution in [0.4, 0.5) is 37.8 Å². The zero-order chi connectivity index (χ0) is 35.1. The molecule has 0 unspecified atom stereocenters. The minimum Gasteiger partial charge on any atom is -0.475 e. The number of aliphatic carboxylic acids is 2. The van der Waals surface area contributed by atoms with Crippen LogP contribution in [0.5, 0.6) is 0 Å². The first-order valence-electron chi connectivity index (χ1n) is 13.2. The van der Waals surface area contributed by atoms with Crippen molar-refractivity contribution < 1.29 is 50.9 Å². The first-order chi connectivity index (χ1) is 21.3. The van der Waals surface area contributed by atoms with Crippen molar-refractivity contribution in [3.63, 3.8) is 0 Å². The highest BCUT2D eigenvalue weighted by molar-refractivity contribution is 6.04. The van der Waals surface area contributed by atoms with E-state index in [1.54, 1.807) is 12.3 Å². The number of aryl methyl sites for hydroxylation is 1. The Bertz CT molecular complexity index is 1480. The van der Waals surface area contributed by atoms with Crippen LogP contribution in [0.1, 0.15) is 33.5 Å². The fraction of sp³-hybridized carbons (Fsp3) is 0.300. The number of nitrogens with zero attached hydrogens (tertiary/aromatic N) is 4. The minimum absolute atomic E-state index is 0.129. The fourth-order valence-corrected chi connectivity index (χ4v) is 3.52. The number of anilines is 2. The van der Waals surface area contributed by atoms with Crippen molar-refractivity contribution in [1.29, 1.82) is 5.26 Å². The van der Waals surface area contributed by atoms with Gasteiger partial charge in [0.2, 0.25) is 0 Å². The Balaban J connectivity index is 0.000000629. The molecule has 3 N–H and O–H groups in total. The van der Waals surface area contributed by atoms with Gasteiger partial charge in [-0.15, -0.1) is 0 Å². The molecule has 0 bridgehead atoms. The van der Waals surface area contributed by atoms with E-state index >= 15 is 0 Å². The molecule has 46 heavy (non-hydrogen) atoms. The van der Waals surface area contributed by atoms with Crippen LogP contribution < -0.4 is 10.2 Å². The zero-order valence-electron chi connectivity index (χ0n) is 24.9. The highest BCUT2D eigenvalue weighted by atomic mass is 19.4. The molecule has 0 atom stereocenters. The summed E-state index contributed by atoms with van der Waals surface area (Å²) < 4.78 is 63.5. The van der Waals surface area contributed by atoms with Gasteiger partial charge in [0.15, 0.2) is 0 Å². The number of hydrogen-bond donors (Lipinski definition) is 3. The maximum Gasteiger partial charge on any atom is 0.490 e. The lowest BCUT2D eigenvalue weighted by atomic mass is 10.1. The summed E-state index contributed by atoms with van der Waals surface area (Å²) in [5.74, 6) is -4.83. The summed E-state index contributed by atoms with van der Waals surface area (Å²) in [6.45, 7) is 4.53. The normalized spacial score (nSPS) is 10.8. The second-order valence-electron chi connectivity index (χ2n) is 9.66. The topological polar surface area (TPSA) is 147 Å². The number of halogens is 6. The molecule has 0 spiro atoms. The lowest BCUT2D eigenvalue weighted by molar-refractivity contribution is -0.193. The van der Waals surface area contributed by atoms with E-state index < -0.39 is 24.3 Å². The molecule has 0 aliphatic rings. The van der Waals surface area contributed by atoms with Crippen molar-refractivity contribution >= 4 is 29.4 Å². The summed E-state index contributed by atoms with van der Waals surface area (Å²) in [6.07, 6.45) is -7.49. The first kappa shape index (κ1) is 38.9. The second kappa shape index (κ2) is 18.0. The molecule has 1 aromatic heterocycles. The van der Waals surface area contributed by atoms with E-state index in [-0.39, 0.29) is 5.91 Å². The SMILES string of the molecule is Cc1cccc(C(=O)Nc2ccnc(N(C)CCCN(C)Cc3cccc(C#N)c3)c2)c1.O=C(O)C(F)(F)F.O=C(O)C(F)(F)F. The average molecular weight is 656 g/mol. The summed E-state index contributed by atoms with van der Waals surface area (Å²) in [7, 11) is 4.09. The molecule has 0 aliphatic heterocycles. The van der Waals surface area contributed by atoms with E-state index in [2.05, 4.69) is 33.2 Å². The van der Waals surface area contributed by atoms with E-state index in [0.29, 0.717) is 11.1 Å². The van der Waals surface area contributed by atoms with Crippen LogP contribution in [0.25, 0.3) is 0 Å². The van der Waals surface area contributed by atoms with Crippen LogP contribution in [-0.4, -0.2) is 77.5 Å². The van der Waals surface area contributed by atoms with Gasteiger partial charge in [0, 0.05) is 43.7 Å². The maximum absolute atomic E-state index is 12.5. The Morgan fingerprint density at radius 2 is 1.48 bits per heavy atom. The Kier molecular flexibility index (Phi) is 15.2. The maximum atomic E-state index is 12.5. The molecule has 0 aliphatic carbocycles. The van der Waals surface area contributed by atoms with Crippen molar-refractivity contribution in [2.24, 2.45) is 0 Å². The molecule has 3 aromatic rings. The van der Waals surface area contributed by atoms with E-state index in [1.807, 2.05) is 68.6 Å². The van der Waals surface area contributed by atoms with Gasteiger partial charge in [0.05, 0.1) is 11.6 Å². The van der Waals surface area contributed by atoms with Crippen LogP contribution in [0.2, 0.25) is 0 Å². The van der Waals surface area contributed by atoms with Gasteiger partial charge < -0.3 is 25.3 Å². The number of alkyl halides is 6. The number of aromatic nitrogens is 1. The van der Waals surface area contributed by atoms with Gasteiger partial charge in [-0.2, -0.15) is 31.6 Å². The number of hydrogen-bond acceptors (Lipinski definition) is 7. The molecule has 10 nitrogen and oxygen atoms in total. The quantitative estimate of drug-likeness (QED) is 0.246. The van der Waals surface area contributed by atoms with Crippen molar-refractivity contribution in [3.8, 4) is 6.07 Å². The third-order valence-corrected chi connectivity index (χ3v) is 5.70. The summed E-state index contributed by atoms with van der Waals surface area (Å²) >= 11 is 0. The number of nitriles is 1. The molecule has 3 rings (SSSR count). The number of rotatable bonds is 9. The lowest BCUT2D eigenvalue weighted by Crippen LogP contribution is -2.26. The summed E-state index contributed by atoms with van der Waals surface area (Å²) in [4.78, 5) is 39.1. The third-order valence-electron chi connectivity index (χ3n) is 5.70. The van der Waals surface area contributed by atoms with Gasteiger partial charge in [0.1, 0.15) is 5.82 Å². The van der Waals surface area contributed by atoms with Gasteiger partial charge in [-0.05, 0) is 62.8 Å². The number of carbonyl (C=O) groups is 3. The van der Waals surface area contributed by atoms with Crippen LogP contribution in [0.3, 0.4) is 0 Å². The molecule has 248 valence electrons. The van der Waals surface area contributed by atoms with Gasteiger partial charge in [-0.1, -0.05) is 29.8 Å². The summed E-state index contributed by atoms with van der Waals surface area (Å²) in [6, 6.07) is 21.1. The number of nitrogens with one attached hydrogen (secondary N) is 1. The summed E-state index contributed by atoms with van der Waals surface area (Å²) in [5.41, 5.74) is 4.24. The monoisotopic (exact) mass is 655 g/mol. The number of carboxylic acid groups (broad SMARTS) is 2. The fourth-order valence-electron chi connectivity index (χ4n) is 3.52. The van der Waals surface area contributed by atoms with Crippen molar-refractivity contribution in [2.45, 2.75) is 32.2 Å². The molecule has 1 heterocycles. The highest BCUT2D eigenvalue weighted by Gasteiger charge is 2.38. The molecule has 0 saturated carbocycles. The second-order valence-corrected chi connectivity index (χ2v) is 9.66. The Hall–Kier alpha value is -5.17. The smallest absolute Gasteiger partial charge is 0.475 e. The third kappa shape index (κ3) is 15.0. The van der Waals surface area contributed by atoms with Gasteiger partial charge in [-0.3, -0.25) is 4.79 Å². The largest absolute Gasteiger partial charge is 0.490 e. The minimum atomic E-state index is -5.08. The molecule has 2 aromatic carbocycles. The predicted octanol–water partition coefficient (Wildman–Crippen LogP) is 5.74. The Morgan fingerprint density at radius 1 is 0.891 bits per heavy atom.